The fourth-order valence-corrected chi connectivity index (χ4v) is 6.89. The SMILES string of the molecule is CCOC[C@]1(C(N)=S)[C@@H](c2ccc3c(c2)OCO3)[C@@H]1S(=O)(=O)c1ccc(C)cc1. The molecule has 0 unspecified atom stereocenters. The van der Waals surface area contributed by atoms with E-state index in [1.54, 1.807) is 30.3 Å². The summed E-state index contributed by atoms with van der Waals surface area (Å²) in [6, 6.07) is 12.3. The maximum atomic E-state index is 13.6. The highest BCUT2D eigenvalue weighted by Gasteiger charge is 2.73. The summed E-state index contributed by atoms with van der Waals surface area (Å²) >= 11 is 5.38. The van der Waals surface area contributed by atoms with Gasteiger partial charge >= 0.3 is 0 Å². The minimum Gasteiger partial charge on any atom is -0.454 e. The maximum absolute atomic E-state index is 13.6. The van der Waals surface area contributed by atoms with Crippen LogP contribution in [0.4, 0.5) is 0 Å². The number of hydrogen-bond donors (Lipinski definition) is 1. The van der Waals surface area contributed by atoms with Crippen molar-refractivity contribution < 1.29 is 22.6 Å². The molecule has 0 bridgehead atoms. The van der Waals surface area contributed by atoms with Crippen LogP contribution >= 0.6 is 12.2 Å². The van der Waals surface area contributed by atoms with Gasteiger partial charge in [0.1, 0.15) is 0 Å². The summed E-state index contributed by atoms with van der Waals surface area (Å²) in [4.78, 5) is 0.405. The van der Waals surface area contributed by atoms with Crippen molar-refractivity contribution in [2.45, 2.75) is 29.9 Å². The Kier molecular flexibility index (Phi) is 5.04. The molecule has 4 rings (SSSR count). The van der Waals surface area contributed by atoms with Crippen LogP contribution < -0.4 is 15.2 Å². The maximum Gasteiger partial charge on any atom is 0.231 e. The lowest BCUT2D eigenvalue weighted by molar-refractivity contribution is 0.121. The normalized spacial score (nSPS) is 25.0. The van der Waals surface area contributed by atoms with Gasteiger partial charge in [-0.2, -0.15) is 0 Å². The molecule has 1 fully saturated rings. The largest absolute Gasteiger partial charge is 0.454 e. The Bertz CT molecular complexity index is 1050. The monoisotopic (exact) mass is 433 g/mol. The molecule has 3 atom stereocenters. The first kappa shape index (κ1) is 20.1. The molecule has 0 spiro atoms. The van der Waals surface area contributed by atoms with Crippen molar-refractivity contribution in [1.29, 1.82) is 0 Å². The summed E-state index contributed by atoms with van der Waals surface area (Å²) in [6.07, 6.45) is 0. The molecule has 0 radical (unpaired) electrons. The van der Waals surface area contributed by atoms with Gasteiger partial charge in [0.15, 0.2) is 21.3 Å². The van der Waals surface area contributed by atoms with Gasteiger partial charge in [0.25, 0.3) is 0 Å². The Labute approximate surface area is 175 Å². The van der Waals surface area contributed by atoms with E-state index >= 15 is 0 Å². The molecule has 2 N–H and O–H groups in total. The van der Waals surface area contributed by atoms with E-state index in [-0.39, 0.29) is 23.3 Å². The molecule has 29 heavy (non-hydrogen) atoms. The standard InChI is InChI=1S/C21H23NO5S2/c1-3-25-11-21(20(22)28)18(14-6-9-16-17(10-14)27-12-26-16)19(21)29(23,24)15-7-4-13(2)5-8-15/h4-10,18-19H,3,11-12H2,1-2H3,(H2,22,28)/t18-,19-,21-/m0/s1. The summed E-state index contributed by atoms with van der Waals surface area (Å²) < 4.78 is 43.7. The van der Waals surface area contributed by atoms with E-state index in [0.717, 1.165) is 11.1 Å². The smallest absolute Gasteiger partial charge is 0.231 e. The van der Waals surface area contributed by atoms with Crippen LogP contribution in [0.5, 0.6) is 11.5 Å². The molecule has 0 saturated heterocycles. The number of thiocarbonyl (C=S) groups is 1. The van der Waals surface area contributed by atoms with E-state index in [1.807, 2.05) is 26.0 Å². The Hall–Kier alpha value is -2.16. The van der Waals surface area contributed by atoms with Gasteiger partial charge in [-0.05, 0) is 43.7 Å². The lowest BCUT2D eigenvalue weighted by Crippen LogP contribution is -2.33. The second-order valence-corrected chi connectivity index (χ2v) is 9.92. The van der Waals surface area contributed by atoms with Crippen LogP contribution in [0.3, 0.4) is 0 Å². The average Bonchev–Trinajstić information content (AvgIpc) is 3.18. The van der Waals surface area contributed by atoms with Crippen molar-refractivity contribution in [3.05, 3.63) is 53.6 Å². The topological polar surface area (TPSA) is 87.8 Å². The molecule has 1 aliphatic heterocycles. The van der Waals surface area contributed by atoms with E-state index in [4.69, 9.17) is 32.2 Å². The van der Waals surface area contributed by atoms with Crippen molar-refractivity contribution in [2.75, 3.05) is 20.0 Å². The highest BCUT2D eigenvalue weighted by molar-refractivity contribution is 7.92. The summed E-state index contributed by atoms with van der Waals surface area (Å²) in [6.45, 7) is 4.50. The molecular formula is C21H23NO5S2. The Morgan fingerprint density at radius 3 is 2.55 bits per heavy atom. The number of ether oxygens (including phenoxy) is 3. The molecule has 6 nitrogen and oxygen atoms in total. The van der Waals surface area contributed by atoms with Crippen LogP contribution in [0.2, 0.25) is 0 Å². The quantitative estimate of drug-likeness (QED) is 0.672. The lowest BCUT2D eigenvalue weighted by atomic mass is 9.99. The van der Waals surface area contributed by atoms with Gasteiger partial charge in [-0.1, -0.05) is 36.0 Å². The zero-order chi connectivity index (χ0) is 20.8. The average molecular weight is 434 g/mol. The minimum atomic E-state index is -3.70. The first-order valence-corrected chi connectivity index (χ1v) is 11.4. The zero-order valence-electron chi connectivity index (χ0n) is 16.3. The molecule has 2 aromatic rings. The van der Waals surface area contributed by atoms with Gasteiger partial charge in [-0.25, -0.2) is 8.42 Å². The third-order valence-corrected chi connectivity index (χ3v) is 8.37. The van der Waals surface area contributed by atoms with Crippen LogP contribution in [-0.4, -0.2) is 38.7 Å². The molecule has 0 amide bonds. The summed E-state index contributed by atoms with van der Waals surface area (Å²) in [7, 11) is -3.70. The number of benzene rings is 2. The Morgan fingerprint density at radius 1 is 1.21 bits per heavy atom. The highest BCUT2D eigenvalue weighted by atomic mass is 32.2. The number of aryl methyl sites for hydroxylation is 1. The third-order valence-electron chi connectivity index (χ3n) is 5.70. The van der Waals surface area contributed by atoms with Gasteiger partial charge in [-0.3, -0.25) is 0 Å². The van der Waals surface area contributed by atoms with E-state index in [9.17, 15) is 8.42 Å². The zero-order valence-corrected chi connectivity index (χ0v) is 17.9. The van der Waals surface area contributed by atoms with Crippen molar-refractivity contribution in [1.82, 2.24) is 0 Å². The number of rotatable bonds is 7. The second kappa shape index (κ2) is 7.27. The van der Waals surface area contributed by atoms with Gasteiger partial charge in [0.2, 0.25) is 6.79 Å². The van der Waals surface area contributed by atoms with Crippen LogP contribution in [0.15, 0.2) is 47.4 Å². The van der Waals surface area contributed by atoms with Crippen LogP contribution in [0.25, 0.3) is 0 Å². The number of fused-ring (bicyclic) bond motifs is 1. The Morgan fingerprint density at radius 2 is 1.90 bits per heavy atom. The van der Waals surface area contributed by atoms with Gasteiger partial charge in [0.05, 0.1) is 27.2 Å². The molecule has 154 valence electrons. The molecular weight excluding hydrogens is 410 g/mol. The van der Waals surface area contributed by atoms with Crippen LogP contribution in [0.1, 0.15) is 24.0 Å². The minimum absolute atomic E-state index is 0.147. The van der Waals surface area contributed by atoms with E-state index in [0.29, 0.717) is 18.1 Å². The molecule has 1 saturated carbocycles. The number of nitrogens with two attached hydrogens (primary N) is 1. The predicted molar refractivity (Wildman–Crippen MR) is 113 cm³/mol. The molecule has 1 heterocycles. The van der Waals surface area contributed by atoms with E-state index < -0.39 is 26.4 Å². The molecule has 0 aromatic heterocycles. The molecule has 1 aliphatic carbocycles. The van der Waals surface area contributed by atoms with Gasteiger partial charge in [-0.15, -0.1) is 0 Å². The molecule has 2 aliphatic rings. The summed E-state index contributed by atoms with van der Waals surface area (Å²) in [5, 5.41) is -0.804. The fraction of sp³-hybridized carbons (Fsp3) is 0.381. The summed E-state index contributed by atoms with van der Waals surface area (Å²) in [5.41, 5.74) is 6.95. The highest BCUT2D eigenvalue weighted by Crippen LogP contribution is 2.65. The second-order valence-electron chi connectivity index (χ2n) is 7.41. The van der Waals surface area contributed by atoms with E-state index in [1.165, 1.54) is 0 Å². The third kappa shape index (κ3) is 3.19. The first-order chi connectivity index (χ1) is 13.8. The van der Waals surface area contributed by atoms with Crippen molar-refractivity contribution in [2.24, 2.45) is 11.1 Å². The van der Waals surface area contributed by atoms with Crippen molar-refractivity contribution in [3.63, 3.8) is 0 Å². The van der Waals surface area contributed by atoms with Crippen LogP contribution in [-0.2, 0) is 14.6 Å². The molecule has 8 heteroatoms. The van der Waals surface area contributed by atoms with Crippen molar-refractivity contribution >= 4 is 27.0 Å². The first-order valence-electron chi connectivity index (χ1n) is 9.40. The summed E-state index contributed by atoms with van der Waals surface area (Å²) in [5.74, 6) is 0.805. The van der Waals surface area contributed by atoms with Crippen molar-refractivity contribution in [3.8, 4) is 11.5 Å². The fourth-order valence-electron chi connectivity index (χ4n) is 4.12. The van der Waals surface area contributed by atoms with Crippen LogP contribution in [0, 0.1) is 12.3 Å². The predicted octanol–water partition coefficient (Wildman–Crippen LogP) is 2.97. The van der Waals surface area contributed by atoms with E-state index in [2.05, 4.69) is 0 Å². The number of hydrogen-bond acceptors (Lipinski definition) is 6. The molecule has 2 aromatic carbocycles. The van der Waals surface area contributed by atoms with Gasteiger partial charge < -0.3 is 19.9 Å². The Balaban J connectivity index is 1.80. The number of sulfone groups is 1. The lowest BCUT2D eigenvalue weighted by Gasteiger charge is -2.17. The van der Waals surface area contributed by atoms with Gasteiger partial charge in [0, 0.05) is 12.5 Å².